The van der Waals surface area contributed by atoms with Crippen LogP contribution in [0.2, 0.25) is 0 Å². The summed E-state index contributed by atoms with van der Waals surface area (Å²) in [5.41, 5.74) is 9.61. The van der Waals surface area contributed by atoms with Gasteiger partial charge in [0.05, 0.1) is 37.4 Å². The predicted molar refractivity (Wildman–Crippen MR) is 191 cm³/mol. The van der Waals surface area contributed by atoms with Gasteiger partial charge in [0.1, 0.15) is 39.9 Å². The van der Waals surface area contributed by atoms with Crippen LogP contribution in [0, 0.1) is 23.3 Å². The number of halogens is 4. The van der Waals surface area contributed by atoms with E-state index in [2.05, 4.69) is 35.9 Å². The standard InChI is InChI=1S/C20H23F2N5O4.C15H15F2N5O2/c1-20(2,3)31-19(29)27-8-10(9-27)25-18-24-7-11(17(23)26-18)16(28)14-13(30-4)6-5-12(21)15(14)22;1-24-10-3-2-9(16)12(17)11(10)13(23)8-6-20-15(22-14(8)18)21-7-4-19-5-7/h5-7,10H,8-9H2,1-4H3,(H3,23,24,25,26);2-3,6-7,19H,4-5H2,1H3,(H3,18,20,21,22). The van der Waals surface area contributed by atoms with E-state index >= 15 is 0 Å². The quantitative estimate of drug-likeness (QED) is 0.115. The maximum absolute atomic E-state index is 14.2. The van der Waals surface area contributed by atoms with Gasteiger partial charge in [-0.2, -0.15) is 9.97 Å². The predicted octanol–water partition coefficient (Wildman–Crippen LogP) is 3.57. The fourth-order valence-electron chi connectivity index (χ4n) is 5.18. The molecule has 7 N–H and O–H groups in total. The molecule has 0 atom stereocenters. The maximum Gasteiger partial charge on any atom is 0.410 e. The van der Waals surface area contributed by atoms with E-state index in [1.54, 1.807) is 20.8 Å². The van der Waals surface area contributed by atoms with E-state index in [-0.39, 0.29) is 58.2 Å². The Hall–Kier alpha value is -6.31. The van der Waals surface area contributed by atoms with Crippen LogP contribution in [0.5, 0.6) is 11.5 Å². The average molecular weight is 771 g/mol. The minimum atomic E-state index is -1.34. The van der Waals surface area contributed by atoms with Gasteiger partial charge in [-0.25, -0.2) is 32.3 Å². The first-order valence-corrected chi connectivity index (χ1v) is 16.6. The molecule has 20 heteroatoms. The monoisotopic (exact) mass is 770 g/mol. The molecule has 2 aromatic carbocycles. The number of nitrogens with two attached hydrogens (primary N) is 2. The van der Waals surface area contributed by atoms with Crippen LogP contribution in [0.4, 0.5) is 45.9 Å². The number of carbonyl (C=O) groups is 3. The molecule has 0 spiro atoms. The van der Waals surface area contributed by atoms with E-state index in [0.29, 0.717) is 13.1 Å². The van der Waals surface area contributed by atoms with Crippen molar-refractivity contribution >= 4 is 41.2 Å². The van der Waals surface area contributed by atoms with Gasteiger partial charge >= 0.3 is 6.09 Å². The van der Waals surface area contributed by atoms with E-state index in [9.17, 15) is 31.9 Å². The molecule has 2 fully saturated rings. The Morgan fingerprint density at radius 1 is 0.764 bits per heavy atom. The second kappa shape index (κ2) is 16.4. The molecule has 0 aliphatic carbocycles. The first kappa shape index (κ1) is 39.9. The normalized spacial score (nSPS) is 14.1. The van der Waals surface area contributed by atoms with E-state index in [0.717, 1.165) is 37.5 Å². The third-order valence-electron chi connectivity index (χ3n) is 8.11. The van der Waals surface area contributed by atoms with Crippen molar-refractivity contribution in [3.63, 3.8) is 0 Å². The minimum Gasteiger partial charge on any atom is -0.496 e. The Kier molecular flexibility index (Phi) is 11.9. The molecule has 2 aromatic heterocycles. The first-order chi connectivity index (χ1) is 26.0. The van der Waals surface area contributed by atoms with Crippen molar-refractivity contribution in [3.8, 4) is 11.5 Å². The lowest BCUT2D eigenvalue weighted by molar-refractivity contribution is 0.0104. The molecular formula is C35H38F4N10O6. The number of amides is 1. The van der Waals surface area contributed by atoms with Gasteiger partial charge < -0.3 is 46.5 Å². The lowest BCUT2D eigenvalue weighted by atomic mass is 10.0. The summed E-state index contributed by atoms with van der Waals surface area (Å²) in [4.78, 5) is 54.8. The highest BCUT2D eigenvalue weighted by Gasteiger charge is 2.34. The number of likely N-dealkylation sites (tertiary alicyclic amines) is 1. The maximum atomic E-state index is 14.2. The van der Waals surface area contributed by atoms with Gasteiger partial charge in [0.2, 0.25) is 23.5 Å². The smallest absolute Gasteiger partial charge is 0.410 e. The molecule has 0 saturated carbocycles. The summed E-state index contributed by atoms with van der Waals surface area (Å²) in [7, 11) is 2.48. The summed E-state index contributed by atoms with van der Waals surface area (Å²) in [5, 5.41) is 9.10. The molecule has 4 aromatic rings. The summed E-state index contributed by atoms with van der Waals surface area (Å²) < 4.78 is 70.5. The van der Waals surface area contributed by atoms with Gasteiger partial charge in [-0.3, -0.25) is 9.59 Å². The molecule has 55 heavy (non-hydrogen) atoms. The summed E-state index contributed by atoms with van der Waals surface area (Å²) in [6, 6.07) is 4.11. The summed E-state index contributed by atoms with van der Waals surface area (Å²) in [6.07, 6.45) is 1.89. The van der Waals surface area contributed by atoms with Gasteiger partial charge in [-0.15, -0.1) is 0 Å². The van der Waals surface area contributed by atoms with Crippen LogP contribution in [-0.2, 0) is 4.74 Å². The van der Waals surface area contributed by atoms with Crippen molar-refractivity contribution in [2.75, 3.05) is 62.5 Å². The Balaban J connectivity index is 0.000000218. The van der Waals surface area contributed by atoms with Gasteiger partial charge in [-0.05, 0) is 45.0 Å². The first-order valence-electron chi connectivity index (χ1n) is 16.6. The largest absolute Gasteiger partial charge is 0.496 e. The SMILES string of the molecule is COc1ccc(F)c(F)c1C(=O)c1cnc(NC2CN(C(=O)OC(C)(C)C)C2)nc1N.COc1ccc(F)c(F)c1C(=O)c1cnc(NC2CNC2)nc1N. The van der Waals surface area contributed by atoms with E-state index in [1.165, 1.54) is 31.4 Å². The van der Waals surface area contributed by atoms with E-state index in [1.807, 2.05) is 0 Å². The van der Waals surface area contributed by atoms with E-state index < -0.39 is 57.7 Å². The molecule has 16 nitrogen and oxygen atoms in total. The molecule has 2 saturated heterocycles. The third-order valence-corrected chi connectivity index (χ3v) is 8.11. The Labute approximate surface area is 312 Å². The second-order valence-corrected chi connectivity index (χ2v) is 13.2. The number of nitrogens with one attached hydrogen (secondary N) is 3. The number of ether oxygens (including phenoxy) is 3. The zero-order valence-corrected chi connectivity index (χ0v) is 30.3. The van der Waals surface area contributed by atoms with Crippen molar-refractivity contribution in [1.82, 2.24) is 30.2 Å². The number of methoxy groups -OCH3 is 2. The third kappa shape index (κ3) is 9.08. The lowest BCUT2D eigenvalue weighted by Gasteiger charge is -2.39. The number of hydrogen-bond acceptors (Lipinski definition) is 15. The van der Waals surface area contributed by atoms with Crippen molar-refractivity contribution in [2.45, 2.75) is 38.5 Å². The van der Waals surface area contributed by atoms with Crippen LogP contribution < -0.4 is 36.9 Å². The molecule has 1 amide bonds. The highest BCUT2D eigenvalue weighted by Crippen LogP contribution is 2.29. The molecule has 0 unspecified atom stereocenters. The molecule has 2 aliphatic rings. The molecule has 4 heterocycles. The Morgan fingerprint density at radius 3 is 1.56 bits per heavy atom. The number of nitrogens with zero attached hydrogens (tertiary/aromatic N) is 5. The van der Waals surface area contributed by atoms with E-state index in [4.69, 9.17) is 25.7 Å². The van der Waals surface area contributed by atoms with Gasteiger partial charge in [0.25, 0.3) is 0 Å². The number of anilines is 4. The second-order valence-electron chi connectivity index (χ2n) is 13.2. The van der Waals surface area contributed by atoms with Crippen LogP contribution in [0.3, 0.4) is 0 Å². The zero-order valence-electron chi connectivity index (χ0n) is 30.3. The number of nitrogen functional groups attached to an aromatic ring is 2. The molecule has 292 valence electrons. The number of ketones is 2. The van der Waals surface area contributed by atoms with Crippen molar-refractivity contribution < 1.29 is 46.2 Å². The number of aromatic nitrogens is 4. The fourth-order valence-corrected chi connectivity index (χ4v) is 5.18. The van der Waals surface area contributed by atoms with Crippen LogP contribution in [0.25, 0.3) is 0 Å². The van der Waals surface area contributed by atoms with Crippen LogP contribution in [0.1, 0.15) is 52.6 Å². The number of carbonyl (C=O) groups excluding carboxylic acids is 3. The van der Waals surface area contributed by atoms with Gasteiger partial charge in [0.15, 0.2) is 23.3 Å². The van der Waals surface area contributed by atoms with Crippen molar-refractivity contribution in [3.05, 3.63) is 82.2 Å². The molecule has 6 rings (SSSR count). The molecule has 2 aliphatic heterocycles. The summed E-state index contributed by atoms with van der Waals surface area (Å²) in [6.45, 7) is 7.65. The lowest BCUT2D eigenvalue weighted by Crippen LogP contribution is -2.58. The summed E-state index contributed by atoms with van der Waals surface area (Å²) in [5.74, 6) is -6.93. The minimum absolute atomic E-state index is 0.0963. The van der Waals surface area contributed by atoms with Crippen molar-refractivity contribution in [2.24, 2.45) is 0 Å². The molecular weight excluding hydrogens is 732 g/mol. The number of rotatable bonds is 10. The van der Waals surface area contributed by atoms with Crippen LogP contribution in [-0.4, -0.2) is 101 Å². The van der Waals surface area contributed by atoms with Crippen LogP contribution in [0.15, 0.2) is 36.7 Å². The van der Waals surface area contributed by atoms with Crippen LogP contribution >= 0.6 is 0 Å². The van der Waals surface area contributed by atoms with Crippen molar-refractivity contribution in [1.29, 1.82) is 0 Å². The highest BCUT2D eigenvalue weighted by atomic mass is 19.2. The number of benzene rings is 2. The Bertz CT molecular complexity index is 2110. The molecule has 0 bridgehead atoms. The Morgan fingerprint density at radius 2 is 1.20 bits per heavy atom. The summed E-state index contributed by atoms with van der Waals surface area (Å²) >= 11 is 0. The highest BCUT2D eigenvalue weighted by molar-refractivity contribution is 6.14. The van der Waals surface area contributed by atoms with Gasteiger partial charge in [-0.1, -0.05) is 0 Å². The fraction of sp³-hybridized carbons (Fsp3) is 0.343. The zero-order chi connectivity index (χ0) is 40.2. The molecule has 0 radical (unpaired) electrons. The number of hydrogen-bond donors (Lipinski definition) is 5. The van der Waals surface area contributed by atoms with Gasteiger partial charge in [0, 0.05) is 38.6 Å². The topological polar surface area (TPSA) is 222 Å². The average Bonchev–Trinajstić information content (AvgIpc) is 3.09.